The van der Waals surface area contributed by atoms with Crippen molar-refractivity contribution in [1.82, 2.24) is 14.5 Å². The van der Waals surface area contributed by atoms with E-state index in [9.17, 15) is 4.79 Å². The summed E-state index contributed by atoms with van der Waals surface area (Å²) in [6.07, 6.45) is 5.50. The van der Waals surface area contributed by atoms with Crippen molar-refractivity contribution in [3.63, 3.8) is 0 Å². The van der Waals surface area contributed by atoms with Gasteiger partial charge in [-0.1, -0.05) is 0 Å². The quantitative estimate of drug-likeness (QED) is 0.629. The van der Waals surface area contributed by atoms with Crippen LogP contribution >= 0.6 is 12.2 Å². The second-order valence-electron chi connectivity index (χ2n) is 6.95. The number of methoxy groups -OCH3 is 2. The molecule has 0 aliphatic carbocycles. The topological polar surface area (TPSA) is 59.5 Å². The number of likely N-dealkylation sites (tertiary alicyclic amines) is 1. The third-order valence-electron chi connectivity index (χ3n) is 5.35. The van der Waals surface area contributed by atoms with Crippen LogP contribution in [-0.4, -0.2) is 41.1 Å². The lowest BCUT2D eigenvalue weighted by atomic mass is 10.0. The highest BCUT2D eigenvalue weighted by molar-refractivity contribution is 7.71. The molecule has 1 atom stereocenters. The Hall–Kier alpha value is -3.06. The SMILES string of the molecule is COc1ccc(OC)c([C@H]2CCCN2C(=O)c2ccc(-n3cc[nH]c3=S)cc2)c1. The van der Waals surface area contributed by atoms with Crippen LogP contribution in [0.15, 0.2) is 54.9 Å². The lowest BCUT2D eigenvalue weighted by Gasteiger charge is -2.27. The second kappa shape index (κ2) is 8.13. The van der Waals surface area contributed by atoms with E-state index in [0.29, 0.717) is 16.9 Å². The van der Waals surface area contributed by atoms with Crippen molar-refractivity contribution in [2.24, 2.45) is 0 Å². The third kappa shape index (κ3) is 3.65. The maximum atomic E-state index is 13.3. The van der Waals surface area contributed by atoms with Crippen LogP contribution in [0.1, 0.15) is 34.8 Å². The van der Waals surface area contributed by atoms with Gasteiger partial charge >= 0.3 is 0 Å². The van der Waals surface area contributed by atoms with Gasteiger partial charge in [0.15, 0.2) is 4.77 Å². The summed E-state index contributed by atoms with van der Waals surface area (Å²) in [5.41, 5.74) is 2.55. The summed E-state index contributed by atoms with van der Waals surface area (Å²) < 4.78 is 13.4. The minimum atomic E-state index is -0.0366. The first-order valence-corrected chi connectivity index (χ1v) is 9.92. The van der Waals surface area contributed by atoms with Crippen molar-refractivity contribution in [2.45, 2.75) is 18.9 Å². The number of carbonyl (C=O) groups excluding carboxylic acids is 1. The Labute approximate surface area is 174 Å². The predicted molar refractivity (Wildman–Crippen MR) is 114 cm³/mol. The van der Waals surface area contributed by atoms with Gasteiger partial charge in [-0.15, -0.1) is 0 Å². The van der Waals surface area contributed by atoms with E-state index in [0.717, 1.165) is 35.6 Å². The molecule has 150 valence electrons. The number of aromatic amines is 1. The van der Waals surface area contributed by atoms with Gasteiger partial charge in [0.25, 0.3) is 5.91 Å². The number of benzene rings is 2. The summed E-state index contributed by atoms with van der Waals surface area (Å²) in [6.45, 7) is 0.717. The van der Waals surface area contributed by atoms with Crippen LogP contribution in [-0.2, 0) is 0 Å². The smallest absolute Gasteiger partial charge is 0.254 e. The average molecular weight is 410 g/mol. The molecule has 6 nitrogen and oxygen atoms in total. The molecule has 2 heterocycles. The molecule has 29 heavy (non-hydrogen) atoms. The second-order valence-corrected chi connectivity index (χ2v) is 7.33. The minimum Gasteiger partial charge on any atom is -0.497 e. The van der Waals surface area contributed by atoms with Gasteiger partial charge in [0, 0.05) is 35.8 Å². The van der Waals surface area contributed by atoms with Crippen LogP contribution in [0.25, 0.3) is 5.69 Å². The highest BCUT2D eigenvalue weighted by Gasteiger charge is 2.32. The molecule has 0 unspecified atom stereocenters. The first kappa shape index (κ1) is 19.3. The molecule has 3 aromatic rings. The normalized spacial score (nSPS) is 16.1. The van der Waals surface area contributed by atoms with Crippen molar-refractivity contribution < 1.29 is 14.3 Å². The summed E-state index contributed by atoms with van der Waals surface area (Å²) in [5, 5.41) is 0. The van der Waals surface area contributed by atoms with Crippen molar-refractivity contribution in [3.8, 4) is 17.2 Å². The van der Waals surface area contributed by atoms with Crippen LogP contribution in [0.3, 0.4) is 0 Å². The highest BCUT2D eigenvalue weighted by Crippen LogP contribution is 2.39. The molecule has 2 aromatic carbocycles. The summed E-state index contributed by atoms with van der Waals surface area (Å²) in [6, 6.07) is 13.2. The summed E-state index contributed by atoms with van der Waals surface area (Å²) in [5.74, 6) is 1.54. The summed E-state index contributed by atoms with van der Waals surface area (Å²) in [4.78, 5) is 18.2. The van der Waals surface area contributed by atoms with E-state index in [4.69, 9.17) is 21.7 Å². The molecule has 0 radical (unpaired) electrons. The van der Waals surface area contributed by atoms with E-state index in [2.05, 4.69) is 4.98 Å². The third-order valence-corrected chi connectivity index (χ3v) is 5.67. The zero-order valence-corrected chi connectivity index (χ0v) is 17.2. The predicted octanol–water partition coefficient (Wildman–Crippen LogP) is 4.53. The number of carbonyl (C=O) groups is 1. The standard InChI is InChI=1S/C22H23N3O3S/c1-27-17-9-10-20(28-2)18(14-17)19-4-3-12-25(19)21(26)15-5-7-16(8-6-15)24-13-11-23-22(24)29/h5-11,13-14,19H,3-4,12H2,1-2H3,(H,23,29)/t19-/m1/s1. The first-order valence-electron chi connectivity index (χ1n) is 9.51. The Morgan fingerprint density at radius 2 is 1.93 bits per heavy atom. The maximum absolute atomic E-state index is 13.3. The lowest BCUT2D eigenvalue weighted by Crippen LogP contribution is -2.30. The summed E-state index contributed by atoms with van der Waals surface area (Å²) >= 11 is 5.26. The molecule has 7 heteroatoms. The molecule has 1 amide bonds. The van der Waals surface area contributed by atoms with E-state index in [1.54, 1.807) is 20.4 Å². The molecule has 1 aliphatic heterocycles. The lowest BCUT2D eigenvalue weighted by molar-refractivity contribution is 0.0734. The van der Waals surface area contributed by atoms with Gasteiger partial charge in [0.05, 0.1) is 20.3 Å². The molecular weight excluding hydrogens is 386 g/mol. The number of nitrogens with zero attached hydrogens (tertiary/aromatic N) is 2. The fourth-order valence-electron chi connectivity index (χ4n) is 3.89. The largest absolute Gasteiger partial charge is 0.497 e. The molecule has 1 aliphatic rings. The van der Waals surface area contributed by atoms with E-state index in [1.807, 2.05) is 58.1 Å². The van der Waals surface area contributed by atoms with Crippen LogP contribution in [0.2, 0.25) is 0 Å². The first-order chi connectivity index (χ1) is 14.1. The highest BCUT2D eigenvalue weighted by atomic mass is 32.1. The van der Waals surface area contributed by atoms with Crippen LogP contribution < -0.4 is 9.47 Å². The van der Waals surface area contributed by atoms with Crippen molar-refractivity contribution in [1.29, 1.82) is 0 Å². The number of H-pyrrole nitrogens is 1. The van der Waals surface area contributed by atoms with Gasteiger partial charge in [0.2, 0.25) is 0 Å². The zero-order chi connectivity index (χ0) is 20.4. The van der Waals surface area contributed by atoms with Gasteiger partial charge in [0.1, 0.15) is 11.5 Å². The number of imidazole rings is 1. The molecule has 0 spiro atoms. The van der Waals surface area contributed by atoms with E-state index in [1.165, 1.54) is 0 Å². The number of rotatable bonds is 5. The number of hydrogen-bond donors (Lipinski definition) is 1. The zero-order valence-electron chi connectivity index (χ0n) is 16.4. The van der Waals surface area contributed by atoms with Crippen molar-refractivity contribution >= 4 is 18.1 Å². The molecule has 1 N–H and O–H groups in total. The average Bonchev–Trinajstić information content (AvgIpc) is 3.42. The minimum absolute atomic E-state index is 0.0154. The van der Waals surface area contributed by atoms with Crippen molar-refractivity contribution in [2.75, 3.05) is 20.8 Å². The molecule has 1 fully saturated rings. The Morgan fingerprint density at radius 1 is 1.14 bits per heavy atom. The van der Waals surface area contributed by atoms with Crippen LogP contribution in [0.4, 0.5) is 0 Å². The molecule has 1 aromatic heterocycles. The number of aromatic nitrogens is 2. The number of ether oxygens (including phenoxy) is 2. The van der Waals surface area contributed by atoms with Gasteiger partial charge in [-0.2, -0.15) is 0 Å². The molecule has 4 rings (SSSR count). The van der Waals surface area contributed by atoms with Gasteiger partial charge in [-0.25, -0.2) is 0 Å². The summed E-state index contributed by atoms with van der Waals surface area (Å²) in [7, 11) is 3.29. The Bertz CT molecular complexity index is 1070. The Kier molecular flexibility index (Phi) is 5.40. The fourth-order valence-corrected chi connectivity index (χ4v) is 4.12. The van der Waals surface area contributed by atoms with Crippen LogP contribution in [0, 0.1) is 4.77 Å². The number of hydrogen-bond acceptors (Lipinski definition) is 4. The maximum Gasteiger partial charge on any atom is 0.254 e. The Morgan fingerprint density at radius 3 is 2.59 bits per heavy atom. The van der Waals surface area contributed by atoms with E-state index >= 15 is 0 Å². The molecule has 1 saturated heterocycles. The number of amides is 1. The number of nitrogens with one attached hydrogen (secondary N) is 1. The Balaban J connectivity index is 1.62. The van der Waals surface area contributed by atoms with E-state index < -0.39 is 0 Å². The van der Waals surface area contributed by atoms with Gasteiger partial charge in [-0.3, -0.25) is 9.36 Å². The molecular formula is C22H23N3O3S. The van der Waals surface area contributed by atoms with E-state index in [-0.39, 0.29) is 11.9 Å². The fraction of sp³-hybridized carbons (Fsp3) is 0.273. The van der Waals surface area contributed by atoms with Crippen LogP contribution in [0.5, 0.6) is 11.5 Å². The van der Waals surface area contributed by atoms with Gasteiger partial charge < -0.3 is 19.4 Å². The monoisotopic (exact) mass is 409 g/mol. The van der Waals surface area contributed by atoms with Gasteiger partial charge in [-0.05, 0) is 67.5 Å². The molecule has 0 saturated carbocycles. The molecule has 0 bridgehead atoms. The van der Waals surface area contributed by atoms with Crippen molar-refractivity contribution in [3.05, 3.63) is 70.8 Å².